The molecule has 7 rings (SSSR count). The number of benzene rings is 2. The fraction of sp³-hybridized carbons (Fsp3) is 0.568. The molecule has 0 aromatic heterocycles. The topological polar surface area (TPSA) is 99.3 Å². The van der Waals surface area contributed by atoms with Crippen LogP contribution in [0.1, 0.15) is 85.8 Å². The monoisotopic (exact) mass is 748 g/mol. The van der Waals surface area contributed by atoms with E-state index in [-0.39, 0.29) is 38.2 Å². The number of nitrogens with zero attached hydrogens (tertiary/aromatic N) is 3. The maximum atomic E-state index is 17.1. The zero-order valence-electron chi connectivity index (χ0n) is 28.9. The van der Waals surface area contributed by atoms with E-state index in [4.69, 9.17) is 16.3 Å². The molecule has 5 heterocycles. The number of carbonyl (C=O) groups excluding carboxylic acids is 2. The number of rotatable bonds is 1. The second kappa shape index (κ2) is 13.6. The van der Waals surface area contributed by atoms with Crippen molar-refractivity contribution >= 4 is 39.1 Å². The Morgan fingerprint density at radius 3 is 2.55 bits per heavy atom. The number of ether oxygens (including phenoxy) is 1. The minimum atomic E-state index is -4.19. The summed E-state index contributed by atoms with van der Waals surface area (Å²) in [5.74, 6) is -5.18. The van der Waals surface area contributed by atoms with Gasteiger partial charge in [-0.2, -0.15) is 0 Å². The molecule has 0 radical (unpaired) electrons. The number of aryl methyl sites for hydroxylation is 1. The normalized spacial score (nSPS) is 30.4. The van der Waals surface area contributed by atoms with E-state index in [2.05, 4.69) is 9.62 Å². The molecular formula is C37H44ClF3N4O5S. The lowest BCUT2D eigenvalue weighted by Gasteiger charge is -2.47. The predicted octanol–water partition coefficient (Wildman–Crippen LogP) is 6.33. The lowest BCUT2D eigenvalue weighted by molar-refractivity contribution is -0.144. The van der Waals surface area contributed by atoms with Crippen molar-refractivity contribution in [1.29, 1.82) is 0 Å². The van der Waals surface area contributed by atoms with Crippen LogP contribution in [-0.2, 0) is 33.4 Å². The molecule has 1 N–H and O–H groups in total. The first kappa shape index (κ1) is 36.1. The van der Waals surface area contributed by atoms with Crippen LogP contribution in [0.25, 0.3) is 0 Å². The van der Waals surface area contributed by atoms with Gasteiger partial charge in [0.15, 0.2) is 0 Å². The Hall–Kier alpha value is -3.29. The van der Waals surface area contributed by atoms with Crippen molar-refractivity contribution in [3.8, 4) is 5.75 Å². The van der Waals surface area contributed by atoms with Gasteiger partial charge >= 0.3 is 0 Å². The van der Waals surface area contributed by atoms with Crippen LogP contribution >= 0.6 is 11.6 Å². The highest BCUT2D eigenvalue weighted by Crippen LogP contribution is 2.49. The number of nitrogens with one attached hydrogen (secondary N) is 1. The Labute approximate surface area is 302 Å². The van der Waals surface area contributed by atoms with E-state index in [1.807, 2.05) is 17.0 Å². The van der Waals surface area contributed by atoms with Crippen LogP contribution in [0.2, 0.25) is 5.02 Å². The van der Waals surface area contributed by atoms with Gasteiger partial charge in [-0.25, -0.2) is 26.3 Å². The Morgan fingerprint density at radius 2 is 1.78 bits per heavy atom. The van der Waals surface area contributed by atoms with Crippen LogP contribution in [0.4, 0.5) is 18.9 Å². The van der Waals surface area contributed by atoms with Crippen molar-refractivity contribution < 1.29 is 35.9 Å². The van der Waals surface area contributed by atoms with Gasteiger partial charge in [0.2, 0.25) is 15.9 Å². The van der Waals surface area contributed by atoms with Crippen molar-refractivity contribution in [3.05, 3.63) is 69.5 Å². The fourth-order valence-corrected chi connectivity index (χ4v) is 10.1. The summed E-state index contributed by atoms with van der Waals surface area (Å²) in [5.41, 5.74) is 2.51. The van der Waals surface area contributed by atoms with Gasteiger partial charge < -0.3 is 14.5 Å². The largest absolute Gasteiger partial charge is 0.487 e. The number of allylic oxidation sites excluding steroid dienone is 1. The lowest BCUT2D eigenvalue weighted by atomic mass is 9.79. The van der Waals surface area contributed by atoms with Gasteiger partial charge in [0.05, 0.1) is 16.5 Å². The first-order valence-electron chi connectivity index (χ1n) is 17.9. The Balaban J connectivity index is 1.47. The molecule has 14 heteroatoms. The van der Waals surface area contributed by atoms with Gasteiger partial charge in [-0.3, -0.25) is 14.5 Å². The van der Waals surface area contributed by atoms with Crippen molar-refractivity contribution in [2.75, 3.05) is 37.6 Å². The molecule has 0 unspecified atom stereocenters. The number of anilines is 1. The van der Waals surface area contributed by atoms with Gasteiger partial charge in [-0.1, -0.05) is 24.6 Å². The number of halogens is 4. The number of amides is 2. The summed E-state index contributed by atoms with van der Waals surface area (Å²) in [6.45, 7) is 4.00. The van der Waals surface area contributed by atoms with E-state index in [9.17, 15) is 26.8 Å². The van der Waals surface area contributed by atoms with Gasteiger partial charge in [-0.05, 0) is 98.4 Å². The van der Waals surface area contributed by atoms with Gasteiger partial charge in [0.1, 0.15) is 24.2 Å². The van der Waals surface area contributed by atoms with E-state index in [1.165, 1.54) is 17.9 Å². The zero-order chi connectivity index (χ0) is 36.3. The molecule has 2 aromatic rings. The molecular weight excluding hydrogens is 705 g/mol. The van der Waals surface area contributed by atoms with Crippen molar-refractivity contribution in [1.82, 2.24) is 14.5 Å². The molecule has 5 aliphatic rings. The van der Waals surface area contributed by atoms with Gasteiger partial charge in [0, 0.05) is 56.2 Å². The van der Waals surface area contributed by atoms with Crippen molar-refractivity contribution in [2.45, 2.75) is 94.6 Å². The maximum Gasteiger partial charge on any atom is 0.264 e. The summed E-state index contributed by atoms with van der Waals surface area (Å²) in [6.07, 6.45) is 3.68. The highest BCUT2D eigenvalue weighted by Gasteiger charge is 2.53. The average Bonchev–Trinajstić information content (AvgIpc) is 3.50. The zero-order valence-corrected chi connectivity index (χ0v) is 30.5. The fourth-order valence-electron chi connectivity index (χ4n) is 8.53. The lowest BCUT2D eigenvalue weighted by Crippen LogP contribution is -2.59. The third-order valence-corrected chi connectivity index (χ3v) is 13.8. The third-order valence-electron chi connectivity index (χ3n) is 11.7. The number of carbonyl (C=O) groups is 2. The SMILES string of the molecule is C[C@@H]1[C@@H](C)C/C=C(\F)[C@H](C(=O)N2CCC(F)(F)CC2)N2CCC[C@@]23CN2CCCCc4cc(Cl)cc3c4COc3ccc(cc32)C(=O)NS1(=O)=O. The summed E-state index contributed by atoms with van der Waals surface area (Å²) in [4.78, 5) is 33.5. The van der Waals surface area contributed by atoms with Gasteiger partial charge in [-0.15, -0.1) is 0 Å². The first-order valence-corrected chi connectivity index (χ1v) is 19.8. The molecule has 2 aromatic carbocycles. The predicted molar refractivity (Wildman–Crippen MR) is 188 cm³/mol. The maximum absolute atomic E-state index is 17.1. The summed E-state index contributed by atoms with van der Waals surface area (Å²) >= 11 is 6.86. The smallest absolute Gasteiger partial charge is 0.264 e. The summed E-state index contributed by atoms with van der Waals surface area (Å²) in [7, 11) is -4.19. The van der Waals surface area contributed by atoms with Gasteiger partial charge in [0.25, 0.3) is 11.8 Å². The number of piperidine rings is 1. The van der Waals surface area contributed by atoms with Crippen LogP contribution in [0, 0.1) is 5.92 Å². The number of fused-ring (bicyclic) bond motifs is 1. The molecule has 9 nitrogen and oxygen atoms in total. The second-order valence-electron chi connectivity index (χ2n) is 14.8. The highest BCUT2D eigenvalue weighted by atomic mass is 35.5. The molecule has 51 heavy (non-hydrogen) atoms. The number of hydrogen-bond acceptors (Lipinski definition) is 7. The summed E-state index contributed by atoms with van der Waals surface area (Å²) < 4.78 is 81.3. The van der Waals surface area contributed by atoms with Crippen LogP contribution < -0.4 is 14.4 Å². The molecule has 2 fully saturated rings. The first-order chi connectivity index (χ1) is 24.2. The van der Waals surface area contributed by atoms with E-state index in [0.29, 0.717) is 48.8 Å². The number of alkyl halides is 2. The molecule has 0 saturated carbocycles. The number of sulfonamides is 1. The average molecular weight is 749 g/mol. The number of hydrogen-bond donors (Lipinski definition) is 1. The quantitative estimate of drug-likeness (QED) is 0.364. The minimum absolute atomic E-state index is 0.0455. The van der Waals surface area contributed by atoms with Crippen LogP contribution in [0.5, 0.6) is 5.75 Å². The van der Waals surface area contributed by atoms with Crippen molar-refractivity contribution in [3.63, 3.8) is 0 Å². The highest BCUT2D eigenvalue weighted by molar-refractivity contribution is 7.90. The Morgan fingerprint density at radius 1 is 1.02 bits per heavy atom. The molecule has 1 spiro atoms. The van der Waals surface area contributed by atoms with Crippen LogP contribution in [0.15, 0.2) is 42.2 Å². The van der Waals surface area contributed by atoms with Crippen molar-refractivity contribution in [2.24, 2.45) is 5.92 Å². The summed E-state index contributed by atoms with van der Waals surface area (Å²) in [5, 5.41) is -0.574. The van der Waals surface area contributed by atoms with E-state index in [0.717, 1.165) is 29.5 Å². The minimum Gasteiger partial charge on any atom is -0.487 e. The number of likely N-dealkylation sites (tertiary alicyclic amines) is 1. The third kappa shape index (κ3) is 6.74. The second-order valence-corrected chi connectivity index (χ2v) is 17.3. The molecule has 2 amide bonds. The summed E-state index contributed by atoms with van der Waals surface area (Å²) in [6, 6.07) is 7.26. The molecule has 276 valence electrons. The van der Waals surface area contributed by atoms with Crippen LogP contribution in [0.3, 0.4) is 0 Å². The molecule has 4 atom stereocenters. The van der Waals surface area contributed by atoms with E-state index < -0.39 is 69.2 Å². The molecule has 0 aliphatic carbocycles. The molecule has 5 aliphatic heterocycles. The van der Waals surface area contributed by atoms with E-state index in [1.54, 1.807) is 25.1 Å². The molecule has 7 bridgehead atoms. The van der Waals surface area contributed by atoms with Crippen LogP contribution in [-0.4, -0.2) is 80.0 Å². The van der Waals surface area contributed by atoms with E-state index >= 15 is 4.39 Å². The Kier molecular flexibility index (Phi) is 9.62. The standard InChI is InChI=1S/C37H44ClF3N4O5S/c1-23-7-9-30(39)33(35(47)43-16-12-37(40,41)13-17-43)45-15-5-11-36(45)22-44-14-4-3-6-25-18-27(38)20-29(36)28(25)21-50-32-10-8-26(19-31(32)44)34(46)42-51(48,49)24(23)2/h8-10,18-20,23-24,33H,3-7,11-17,21-22H2,1-2H3,(H,42,46)/b30-9-/t23-,24+,33+,36-/m0/s1. The Bertz CT molecular complexity index is 1870. The molecule has 2 saturated heterocycles.